The van der Waals surface area contributed by atoms with E-state index in [1.54, 1.807) is 36.4 Å². The van der Waals surface area contributed by atoms with E-state index in [1.165, 1.54) is 0 Å². The van der Waals surface area contributed by atoms with Crippen LogP contribution in [0.1, 0.15) is 11.1 Å². The highest BCUT2D eigenvalue weighted by Gasteiger charge is 2.34. The van der Waals surface area contributed by atoms with Gasteiger partial charge in [0.05, 0.1) is 11.3 Å². The van der Waals surface area contributed by atoms with Gasteiger partial charge >= 0.3 is 0 Å². The van der Waals surface area contributed by atoms with E-state index in [0.29, 0.717) is 43.8 Å². The van der Waals surface area contributed by atoms with Crippen LogP contribution < -0.4 is 10.6 Å². The molecule has 0 atom stereocenters. The Kier molecular flexibility index (Phi) is 3.07. The number of rotatable bonds is 0. The Labute approximate surface area is 141 Å². The van der Waals surface area contributed by atoms with Crippen LogP contribution in [0.25, 0.3) is 5.57 Å². The molecular formula is C16H9Cl2N3O2. The topological polar surface area (TPSA) is 73.7 Å². The fraction of sp³-hybridized carbons (Fsp3) is 0. The summed E-state index contributed by atoms with van der Waals surface area (Å²) in [4.78, 5) is 12.4. The minimum Gasteiger partial charge on any atom is -0.410 e. The standard InChI is InChI=1S/C16H9Cl2N3O2/c17-7-1-3-11-9(5-7)13(16(22)20-11)15-14(21-23)10-6-8(18)2-4-12(10)19-15/h1-6,19,23H,(H,20,22)/b15-13-,21-14+. The maximum Gasteiger partial charge on any atom is 0.258 e. The number of carbonyl (C=O) groups excluding carboxylic acids is 1. The first-order valence-electron chi connectivity index (χ1n) is 6.73. The Morgan fingerprint density at radius 3 is 2.17 bits per heavy atom. The third kappa shape index (κ3) is 2.09. The molecule has 23 heavy (non-hydrogen) atoms. The number of hydrogen-bond donors (Lipinski definition) is 3. The summed E-state index contributed by atoms with van der Waals surface area (Å²) >= 11 is 12.1. The molecule has 4 rings (SSSR count). The van der Waals surface area contributed by atoms with Crippen molar-refractivity contribution in [3.8, 4) is 0 Å². The second kappa shape index (κ2) is 5.01. The molecule has 0 aliphatic carbocycles. The highest BCUT2D eigenvalue weighted by molar-refractivity contribution is 6.41. The fourth-order valence-electron chi connectivity index (χ4n) is 2.82. The van der Waals surface area contributed by atoms with Gasteiger partial charge in [-0.15, -0.1) is 0 Å². The SMILES string of the molecule is O=C1Nc2ccc(Cl)cc2/C1=C1/Nc2ccc(Cl)cc2/C1=N\O. The van der Waals surface area contributed by atoms with E-state index in [2.05, 4.69) is 15.8 Å². The molecule has 7 heteroatoms. The molecule has 2 aromatic carbocycles. The molecule has 1 amide bonds. The van der Waals surface area contributed by atoms with Crippen LogP contribution >= 0.6 is 23.2 Å². The number of nitrogens with one attached hydrogen (secondary N) is 2. The molecule has 0 saturated carbocycles. The van der Waals surface area contributed by atoms with Gasteiger partial charge in [-0.25, -0.2) is 0 Å². The van der Waals surface area contributed by atoms with Crippen LogP contribution in [0.3, 0.4) is 0 Å². The van der Waals surface area contributed by atoms with Crippen molar-refractivity contribution < 1.29 is 10.0 Å². The molecule has 2 aliphatic heterocycles. The van der Waals surface area contributed by atoms with Gasteiger partial charge in [0.15, 0.2) is 0 Å². The number of anilines is 2. The van der Waals surface area contributed by atoms with E-state index < -0.39 is 0 Å². The van der Waals surface area contributed by atoms with E-state index in [-0.39, 0.29) is 11.6 Å². The van der Waals surface area contributed by atoms with Gasteiger partial charge in [-0.1, -0.05) is 28.4 Å². The average molecular weight is 346 g/mol. The summed E-state index contributed by atoms with van der Waals surface area (Å²) in [6.45, 7) is 0. The van der Waals surface area contributed by atoms with Gasteiger partial charge in [0, 0.05) is 32.5 Å². The Hall–Kier alpha value is -2.50. The predicted octanol–water partition coefficient (Wildman–Crippen LogP) is 3.96. The van der Waals surface area contributed by atoms with Crippen molar-refractivity contribution in [1.82, 2.24) is 0 Å². The molecule has 0 aromatic heterocycles. The molecule has 0 unspecified atom stereocenters. The summed E-state index contributed by atoms with van der Waals surface area (Å²) in [5.41, 5.74) is 3.73. The van der Waals surface area contributed by atoms with Crippen LogP contribution in [-0.4, -0.2) is 16.8 Å². The largest absolute Gasteiger partial charge is 0.410 e. The lowest BCUT2D eigenvalue weighted by atomic mass is 10.0. The van der Waals surface area contributed by atoms with Crippen molar-refractivity contribution in [2.24, 2.45) is 5.16 Å². The summed E-state index contributed by atoms with van der Waals surface area (Å²) in [6, 6.07) is 10.3. The molecule has 0 bridgehead atoms. The normalized spacial score (nSPS) is 20.3. The summed E-state index contributed by atoms with van der Waals surface area (Å²) in [6.07, 6.45) is 0. The molecule has 0 spiro atoms. The molecule has 114 valence electrons. The first kappa shape index (κ1) is 14.1. The maximum absolute atomic E-state index is 12.4. The molecule has 0 saturated heterocycles. The van der Waals surface area contributed by atoms with E-state index in [1.807, 2.05) is 0 Å². The summed E-state index contributed by atoms with van der Waals surface area (Å²) < 4.78 is 0. The minimum absolute atomic E-state index is 0.264. The van der Waals surface area contributed by atoms with Crippen molar-refractivity contribution in [2.45, 2.75) is 0 Å². The van der Waals surface area contributed by atoms with E-state index >= 15 is 0 Å². The number of allylic oxidation sites excluding steroid dienone is 1. The van der Waals surface area contributed by atoms with Gasteiger partial charge in [0.1, 0.15) is 5.71 Å². The Bertz CT molecular complexity index is 935. The van der Waals surface area contributed by atoms with Crippen molar-refractivity contribution in [1.29, 1.82) is 0 Å². The molecular weight excluding hydrogens is 337 g/mol. The minimum atomic E-state index is -0.287. The van der Waals surface area contributed by atoms with Gasteiger partial charge in [0.25, 0.3) is 5.91 Å². The predicted molar refractivity (Wildman–Crippen MR) is 90.4 cm³/mol. The van der Waals surface area contributed by atoms with Gasteiger partial charge < -0.3 is 15.8 Å². The summed E-state index contributed by atoms with van der Waals surface area (Å²) in [5.74, 6) is -0.287. The van der Waals surface area contributed by atoms with Crippen LogP contribution in [0.4, 0.5) is 11.4 Å². The first-order chi connectivity index (χ1) is 11.1. The van der Waals surface area contributed by atoms with Gasteiger partial charge in [-0.3, -0.25) is 4.79 Å². The summed E-state index contributed by atoms with van der Waals surface area (Å²) in [5, 5.41) is 19.7. The maximum atomic E-state index is 12.4. The average Bonchev–Trinajstić information content (AvgIpc) is 3.02. The molecule has 0 fully saturated rings. The molecule has 3 N–H and O–H groups in total. The number of hydrogen-bond acceptors (Lipinski definition) is 4. The number of halogens is 2. The van der Waals surface area contributed by atoms with Gasteiger partial charge in [0.2, 0.25) is 0 Å². The Morgan fingerprint density at radius 2 is 1.52 bits per heavy atom. The zero-order valence-electron chi connectivity index (χ0n) is 11.5. The van der Waals surface area contributed by atoms with Crippen LogP contribution in [-0.2, 0) is 4.79 Å². The quantitative estimate of drug-likeness (QED) is 0.384. The number of nitrogens with zero attached hydrogens (tertiary/aromatic N) is 1. The first-order valence-corrected chi connectivity index (χ1v) is 7.49. The zero-order valence-corrected chi connectivity index (χ0v) is 13.0. The second-order valence-electron chi connectivity index (χ2n) is 5.16. The Morgan fingerprint density at radius 1 is 0.913 bits per heavy atom. The molecule has 5 nitrogen and oxygen atoms in total. The van der Waals surface area contributed by atoms with Crippen molar-refractivity contribution in [2.75, 3.05) is 10.6 Å². The van der Waals surface area contributed by atoms with Crippen LogP contribution in [0.2, 0.25) is 10.0 Å². The van der Waals surface area contributed by atoms with E-state index in [4.69, 9.17) is 23.2 Å². The molecule has 2 aromatic rings. The number of carbonyl (C=O) groups is 1. The number of oxime groups is 1. The highest BCUT2D eigenvalue weighted by Crippen LogP contribution is 2.40. The lowest BCUT2D eigenvalue weighted by Crippen LogP contribution is -2.12. The van der Waals surface area contributed by atoms with Crippen molar-refractivity contribution in [3.63, 3.8) is 0 Å². The van der Waals surface area contributed by atoms with E-state index in [0.717, 1.165) is 0 Å². The third-order valence-electron chi connectivity index (χ3n) is 3.81. The summed E-state index contributed by atoms with van der Waals surface area (Å²) in [7, 11) is 0. The monoisotopic (exact) mass is 345 g/mol. The van der Waals surface area contributed by atoms with Gasteiger partial charge in [-0.05, 0) is 36.4 Å². The van der Waals surface area contributed by atoms with Crippen LogP contribution in [0.5, 0.6) is 0 Å². The van der Waals surface area contributed by atoms with Crippen LogP contribution in [0.15, 0.2) is 47.3 Å². The highest BCUT2D eigenvalue weighted by atomic mass is 35.5. The fourth-order valence-corrected chi connectivity index (χ4v) is 3.17. The molecule has 0 radical (unpaired) electrons. The number of amides is 1. The van der Waals surface area contributed by atoms with Gasteiger partial charge in [-0.2, -0.15) is 0 Å². The number of benzene rings is 2. The smallest absolute Gasteiger partial charge is 0.258 e. The second-order valence-corrected chi connectivity index (χ2v) is 6.03. The molecule has 2 heterocycles. The molecule has 2 aliphatic rings. The third-order valence-corrected chi connectivity index (χ3v) is 4.28. The lowest BCUT2D eigenvalue weighted by molar-refractivity contribution is -0.110. The lowest BCUT2D eigenvalue weighted by Gasteiger charge is -2.05. The zero-order chi connectivity index (χ0) is 16.1. The Balaban J connectivity index is 1.96. The van der Waals surface area contributed by atoms with Crippen molar-refractivity contribution in [3.05, 3.63) is 63.3 Å². The van der Waals surface area contributed by atoms with E-state index in [9.17, 15) is 10.0 Å². The van der Waals surface area contributed by atoms with Crippen molar-refractivity contribution >= 4 is 51.8 Å². The van der Waals surface area contributed by atoms with Crippen LogP contribution in [0, 0.1) is 0 Å². The number of fused-ring (bicyclic) bond motifs is 2.